The van der Waals surface area contributed by atoms with Crippen molar-refractivity contribution in [3.8, 4) is 0 Å². The number of amides is 3. The van der Waals surface area contributed by atoms with Crippen LogP contribution in [-0.2, 0) is 9.53 Å². The molecule has 1 N–H and O–H groups in total. The first-order valence-electron chi connectivity index (χ1n) is 10.5. The van der Waals surface area contributed by atoms with E-state index < -0.39 is 36.1 Å². The van der Waals surface area contributed by atoms with Gasteiger partial charge in [-0.3, -0.25) is 14.4 Å². The SMILES string of the molecule is Cc1ccc(C)c(N2C(=O)c3ccc(C(=O)OCC(=O)Nc4ccc(C)c(F)c4)cc3C2=O)c1. The summed E-state index contributed by atoms with van der Waals surface area (Å²) < 4.78 is 18.6. The molecule has 1 aliphatic rings. The number of nitrogens with one attached hydrogen (secondary N) is 1. The maximum absolute atomic E-state index is 13.6. The number of esters is 1. The van der Waals surface area contributed by atoms with Gasteiger partial charge in [0.05, 0.1) is 22.4 Å². The molecule has 0 fully saturated rings. The highest BCUT2D eigenvalue weighted by molar-refractivity contribution is 6.35. The summed E-state index contributed by atoms with van der Waals surface area (Å²) in [6.07, 6.45) is 0. The van der Waals surface area contributed by atoms with E-state index >= 15 is 0 Å². The molecule has 3 aromatic rings. The topological polar surface area (TPSA) is 92.8 Å². The van der Waals surface area contributed by atoms with Gasteiger partial charge in [0.15, 0.2) is 6.61 Å². The summed E-state index contributed by atoms with van der Waals surface area (Å²) >= 11 is 0. The van der Waals surface area contributed by atoms with Gasteiger partial charge in [-0.2, -0.15) is 0 Å². The Morgan fingerprint density at radius 3 is 2.32 bits per heavy atom. The normalized spacial score (nSPS) is 12.5. The van der Waals surface area contributed by atoms with Crippen molar-refractivity contribution in [2.24, 2.45) is 0 Å². The number of rotatable bonds is 5. The Morgan fingerprint density at radius 1 is 0.882 bits per heavy atom. The van der Waals surface area contributed by atoms with E-state index in [4.69, 9.17) is 4.74 Å². The summed E-state index contributed by atoms with van der Waals surface area (Å²) in [5.41, 5.74) is 3.10. The van der Waals surface area contributed by atoms with Crippen molar-refractivity contribution in [1.82, 2.24) is 0 Å². The number of halogens is 1. The molecule has 0 aliphatic carbocycles. The Bertz CT molecular complexity index is 1370. The van der Waals surface area contributed by atoms with Crippen molar-refractivity contribution < 1.29 is 28.3 Å². The number of hydrogen-bond acceptors (Lipinski definition) is 5. The molecule has 4 rings (SSSR count). The van der Waals surface area contributed by atoms with Crippen LogP contribution in [-0.4, -0.2) is 30.3 Å². The van der Waals surface area contributed by atoms with Gasteiger partial charge in [0.25, 0.3) is 17.7 Å². The summed E-state index contributed by atoms with van der Waals surface area (Å²) in [6.45, 7) is 4.66. The van der Waals surface area contributed by atoms with E-state index in [-0.39, 0.29) is 22.4 Å². The van der Waals surface area contributed by atoms with Gasteiger partial charge in [0.1, 0.15) is 5.82 Å². The lowest BCUT2D eigenvalue weighted by Crippen LogP contribution is -2.30. The number of aryl methyl sites for hydroxylation is 3. The molecule has 3 amide bonds. The molecular formula is C26H21FN2O5. The van der Waals surface area contributed by atoms with Crippen molar-refractivity contribution in [2.75, 3.05) is 16.8 Å². The first-order chi connectivity index (χ1) is 16.2. The molecule has 1 aliphatic heterocycles. The van der Waals surface area contributed by atoms with E-state index in [0.29, 0.717) is 11.3 Å². The quantitative estimate of drug-likeness (QED) is 0.452. The Hall–Kier alpha value is -4.33. The fourth-order valence-corrected chi connectivity index (χ4v) is 3.63. The average Bonchev–Trinajstić information content (AvgIpc) is 3.05. The largest absolute Gasteiger partial charge is 0.452 e. The van der Waals surface area contributed by atoms with Gasteiger partial charge in [-0.15, -0.1) is 0 Å². The van der Waals surface area contributed by atoms with Gasteiger partial charge in [-0.1, -0.05) is 18.2 Å². The number of hydrogen-bond donors (Lipinski definition) is 1. The summed E-state index contributed by atoms with van der Waals surface area (Å²) in [4.78, 5) is 51.5. The molecule has 0 aromatic heterocycles. The van der Waals surface area contributed by atoms with E-state index in [1.165, 1.54) is 36.4 Å². The Morgan fingerprint density at radius 2 is 1.59 bits per heavy atom. The number of benzene rings is 3. The van der Waals surface area contributed by atoms with Crippen LogP contribution in [0.2, 0.25) is 0 Å². The van der Waals surface area contributed by atoms with Gasteiger partial charge >= 0.3 is 5.97 Å². The Kier molecular flexibility index (Phi) is 5.98. The van der Waals surface area contributed by atoms with Crippen LogP contribution < -0.4 is 10.2 Å². The Balaban J connectivity index is 1.46. The molecule has 34 heavy (non-hydrogen) atoms. The third-order valence-corrected chi connectivity index (χ3v) is 5.52. The zero-order chi connectivity index (χ0) is 24.6. The first kappa shape index (κ1) is 22.8. The fourth-order valence-electron chi connectivity index (χ4n) is 3.63. The number of nitrogens with zero attached hydrogens (tertiary/aromatic N) is 1. The number of ether oxygens (including phenoxy) is 1. The van der Waals surface area contributed by atoms with E-state index in [1.54, 1.807) is 19.9 Å². The van der Waals surface area contributed by atoms with Crippen molar-refractivity contribution in [2.45, 2.75) is 20.8 Å². The highest BCUT2D eigenvalue weighted by Crippen LogP contribution is 2.32. The molecule has 8 heteroatoms. The molecule has 0 atom stereocenters. The van der Waals surface area contributed by atoms with Crippen LogP contribution in [0.25, 0.3) is 0 Å². The average molecular weight is 460 g/mol. The number of carbonyl (C=O) groups is 4. The summed E-state index contributed by atoms with van der Waals surface area (Å²) in [5, 5.41) is 2.44. The van der Waals surface area contributed by atoms with Crippen LogP contribution in [0.5, 0.6) is 0 Å². The first-order valence-corrected chi connectivity index (χ1v) is 10.5. The summed E-state index contributed by atoms with van der Waals surface area (Å²) in [5.74, 6) is -2.97. The van der Waals surface area contributed by atoms with Crippen molar-refractivity contribution in [1.29, 1.82) is 0 Å². The highest BCUT2D eigenvalue weighted by atomic mass is 19.1. The van der Waals surface area contributed by atoms with E-state index in [9.17, 15) is 23.6 Å². The third-order valence-electron chi connectivity index (χ3n) is 5.52. The van der Waals surface area contributed by atoms with Crippen LogP contribution in [0.15, 0.2) is 54.6 Å². The van der Waals surface area contributed by atoms with Crippen LogP contribution in [0.3, 0.4) is 0 Å². The van der Waals surface area contributed by atoms with Crippen molar-refractivity contribution in [3.05, 3.63) is 93.8 Å². The van der Waals surface area contributed by atoms with Crippen LogP contribution in [0.4, 0.5) is 15.8 Å². The summed E-state index contributed by atoms with van der Waals surface area (Å²) in [7, 11) is 0. The minimum Gasteiger partial charge on any atom is -0.452 e. The summed E-state index contributed by atoms with van der Waals surface area (Å²) in [6, 6.07) is 13.7. The second-order valence-electron chi connectivity index (χ2n) is 8.08. The predicted octanol–water partition coefficient (Wildman–Crippen LogP) is 4.35. The van der Waals surface area contributed by atoms with Gasteiger partial charge in [-0.25, -0.2) is 14.1 Å². The predicted molar refractivity (Wildman–Crippen MR) is 124 cm³/mol. The Labute approximate surface area is 195 Å². The lowest BCUT2D eigenvalue weighted by molar-refractivity contribution is -0.119. The van der Waals surface area contributed by atoms with E-state index in [0.717, 1.165) is 16.0 Å². The van der Waals surface area contributed by atoms with Gasteiger partial charge in [0, 0.05) is 5.69 Å². The second-order valence-corrected chi connectivity index (χ2v) is 8.08. The zero-order valence-corrected chi connectivity index (χ0v) is 18.8. The van der Waals surface area contributed by atoms with Crippen LogP contribution in [0.1, 0.15) is 47.8 Å². The maximum atomic E-state index is 13.6. The van der Waals surface area contributed by atoms with Crippen LogP contribution >= 0.6 is 0 Å². The van der Waals surface area contributed by atoms with Gasteiger partial charge < -0.3 is 10.1 Å². The minimum absolute atomic E-state index is 0.0249. The number of fused-ring (bicyclic) bond motifs is 1. The molecule has 7 nitrogen and oxygen atoms in total. The third kappa shape index (κ3) is 4.30. The number of imide groups is 1. The molecule has 172 valence electrons. The van der Waals surface area contributed by atoms with Gasteiger partial charge in [-0.05, 0) is 73.9 Å². The molecule has 0 bridgehead atoms. The zero-order valence-electron chi connectivity index (χ0n) is 18.8. The fraction of sp³-hybridized carbons (Fsp3) is 0.154. The number of anilines is 2. The molecule has 0 saturated heterocycles. The highest BCUT2D eigenvalue weighted by Gasteiger charge is 2.38. The standard InChI is InChI=1S/C26H21FN2O5/c1-14-4-5-16(3)22(10-14)29-24(31)19-9-7-17(11-20(19)25(29)32)26(33)34-13-23(30)28-18-8-6-15(2)21(27)12-18/h4-12H,13H2,1-3H3,(H,28,30). The lowest BCUT2D eigenvalue weighted by atomic mass is 10.1. The monoisotopic (exact) mass is 460 g/mol. The van der Waals surface area contributed by atoms with Crippen molar-refractivity contribution in [3.63, 3.8) is 0 Å². The minimum atomic E-state index is -0.835. The molecular weight excluding hydrogens is 439 g/mol. The molecule has 0 saturated carbocycles. The van der Waals surface area contributed by atoms with Crippen molar-refractivity contribution >= 4 is 35.1 Å². The molecule has 0 unspecified atom stereocenters. The van der Waals surface area contributed by atoms with E-state index in [1.807, 2.05) is 19.1 Å². The molecule has 0 spiro atoms. The lowest BCUT2D eigenvalue weighted by Gasteiger charge is -2.17. The second kappa shape index (κ2) is 8.90. The maximum Gasteiger partial charge on any atom is 0.338 e. The number of carbonyl (C=O) groups excluding carboxylic acids is 4. The molecule has 0 radical (unpaired) electrons. The van der Waals surface area contributed by atoms with Gasteiger partial charge in [0.2, 0.25) is 0 Å². The smallest absolute Gasteiger partial charge is 0.338 e. The van der Waals surface area contributed by atoms with Crippen LogP contribution in [0, 0.1) is 26.6 Å². The molecule has 1 heterocycles. The van der Waals surface area contributed by atoms with E-state index in [2.05, 4.69) is 5.32 Å². The molecule has 3 aromatic carbocycles.